The quantitative estimate of drug-likeness (QED) is 0.110. The molecular weight excluding hydrogens is 784 g/mol. The molecule has 0 unspecified atom stereocenters. The van der Waals surface area contributed by atoms with Crippen molar-refractivity contribution in [3.05, 3.63) is 47.0 Å². The Balaban J connectivity index is 0.000000228. The van der Waals surface area contributed by atoms with E-state index < -0.39 is 59.8 Å². The van der Waals surface area contributed by atoms with Crippen molar-refractivity contribution in [3.63, 3.8) is 0 Å². The average molecular weight is 845 g/mol. The molecule has 60 heavy (non-hydrogen) atoms. The molecule has 0 aromatic heterocycles. The van der Waals surface area contributed by atoms with Crippen molar-refractivity contribution in [1.82, 2.24) is 0 Å². The van der Waals surface area contributed by atoms with Gasteiger partial charge in [-0.05, 0) is 47.0 Å². The molecule has 2 saturated heterocycles. The van der Waals surface area contributed by atoms with E-state index in [4.69, 9.17) is 47.4 Å². The first kappa shape index (κ1) is 46.4. The van der Waals surface area contributed by atoms with E-state index in [2.05, 4.69) is 0 Å². The summed E-state index contributed by atoms with van der Waals surface area (Å²) < 4.78 is 55.9. The highest BCUT2D eigenvalue weighted by atomic mass is 16.7. The molecule has 0 aromatic carbocycles. The Kier molecular flexibility index (Phi) is 14.9. The third-order valence-corrected chi connectivity index (χ3v) is 10.4. The number of ether oxygens (including phenoxy) is 10. The second-order valence-electron chi connectivity index (χ2n) is 17.7. The molecule has 0 saturated carbocycles. The van der Waals surface area contributed by atoms with Gasteiger partial charge in [0.25, 0.3) is 12.6 Å². The van der Waals surface area contributed by atoms with Gasteiger partial charge < -0.3 is 47.4 Å². The third-order valence-electron chi connectivity index (χ3n) is 10.4. The van der Waals surface area contributed by atoms with Crippen molar-refractivity contribution in [2.24, 2.45) is 35.5 Å². The summed E-state index contributed by atoms with van der Waals surface area (Å²) in [6.07, 6.45) is 4.54. The van der Waals surface area contributed by atoms with Gasteiger partial charge in [0.05, 0.1) is 37.6 Å². The molecule has 2 fully saturated rings. The summed E-state index contributed by atoms with van der Waals surface area (Å²) in [4.78, 5) is 71.7. The monoisotopic (exact) mass is 844 g/mol. The lowest BCUT2D eigenvalue weighted by Crippen LogP contribution is -2.44. The molecule has 0 bridgehead atoms. The van der Waals surface area contributed by atoms with Gasteiger partial charge in [0.2, 0.25) is 0 Å². The molecule has 6 aliphatic rings. The molecule has 0 amide bonds. The van der Waals surface area contributed by atoms with E-state index in [9.17, 15) is 28.8 Å². The highest BCUT2D eigenvalue weighted by Crippen LogP contribution is 2.56. The Morgan fingerprint density at radius 2 is 0.917 bits per heavy atom. The highest BCUT2D eigenvalue weighted by Gasteiger charge is 2.69. The normalized spacial score (nSPS) is 29.1. The minimum absolute atomic E-state index is 0.00701. The average Bonchev–Trinajstić information content (AvgIpc) is 4.03. The van der Waals surface area contributed by atoms with Gasteiger partial charge in [0.15, 0.2) is 12.2 Å². The molecule has 16 heteroatoms. The zero-order valence-electron chi connectivity index (χ0n) is 36.3. The van der Waals surface area contributed by atoms with Crippen LogP contribution in [0, 0.1) is 35.5 Å². The van der Waals surface area contributed by atoms with Crippen molar-refractivity contribution in [1.29, 1.82) is 0 Å². The molecule has 332 valence electrons. The molecule has 0 N–H and O–H groups in total. The second kappa shape index (κ2) is 19.3. The second-order valence-corrected chi connectivity index (χ2v) is 17.7. The minimum atomic E-state index is -0.903. The van der Waals surface area contributed by atoms with E-state index in [1.54, 1.807) is 12.2 Å². The summed E-state index contributed by atoms with van der Waals surface area (Å²) in [5, 5.41) is 0. The van der Waals surface area contributed by atoms with Gasteiger partial charge in [-0.3, -0.25) is 28.8 Å². The first-order chi connectivity index (χ1) is 28.2. The van der Waals surface area contributed by atoms with E-state index >= 15 is 0 Å². The molecule has 2 spiro atoms. The van der Waals surface area contributed by atoms with Crippen molar-refractivity contribution >= 4 is 35.8 Å². The highest BCUT2D eigenvalue weighted by molar-refractivity contribution is 5.72. The van der Waals surface area contributed by atoms with Gasteiger partial charge >= 0.3 is 35.8 Å². The van der Waals surface area contributed by atoms with Crippen LogP contribution in [0.5, 0.6) is 0 Å². The molecular formula is C44H60O16. The van der Waals surface area contributed by atoms with Crippen LogP contribution in [0.2, 0.25) is 0 Å². The smallest absolute Gasteiger partial charge is 0.309 e. The van der Waals surface area contributed by atoms with Gasteiger partial charge in [-0.25, -0.2) is 0 Å². The van der Waals surface area contributed by atoms with Crippen molar-refractivity contribution in [2.45, 2.75) is 131 Å². The van der Waals surface area contributed by atoms with E-state index in [1.165, 1.54) is 26.4 Å². The lowest BCUT2D eigenvalue weighted by molar-refractivity contribution is -0.187. The number of fused-ring (bicyclic) bond motifs is 4. The van der Waals surface area contributed by atoms with Gasteiger partial charge in [-0.1, -0.05) is 55.4 Å². The van der Waals surface area contributed by atoms with E-state index in [0.717, 1.165) is 11.1 Å². The van der Waals surface area contributed by atoms with Gasteiger partial charge in [0.1, 0.15) is 24.4 Å². The molecule has 4 aliphatic heterocycles. The molecule has 0 aromatic rings. The van der Waals surface area contributed by atoms with Crippen LogP contribution in [0.1, 0.15) is 94.9 Å². The lowest BCUT2D eigenvalue weighted by Gasteiger charge is -2.33. The zero-order valence-corrected chi connectivity index (χ0v) is 36.3. The zero-order chi connectivity index (χ0) is 44.1. The maximum Gasteiger partial charge on any atom is 0.309 e. The predicted molar refractivity (Wildman–Crippen MR) is 209 cm³/mol. The summed E-state index contributed by atoms with van der Waals surface area (Å²) in [6.45, 7) is 18.8. The number of carbonyl (C=O) groups excluding carboxylic acids is 6. The Hall–Kier alpha value is -4.70. The Morgan fingerprint density at radius 3 is 1.28 bits per heavy atom. The van der Waals surface area contributed by atoms with Crippen LogP contribution in [0.15, 0.2) is 47.0 Å². The van der Waals surface area contributed by atoms with Crippen LogP contribution in [0.3, 0.4) is 0 Å². The maximum atomic E-state index is 12.3. The first-order valence-electron chi connectivity index (χ1n) is 20.7. The van der Waals surface area contributed by atoms with Crippen LogP contribution in [-0.2, 0) is 76.1 Å². The van der Waals surface area contributed by atoms with Crippen molar-refractivity contribution in [3.8, 4) is 0 Å². The molecule has 2 aliphatic carbocycles. The molecule has 6 rings (SSSR count). The number of carbonyl (C=O) groups is 6. The number of hydrogen-bond donors (Lipinski definition) is 0. The predicted octanol–water partition coefficient (Wildman–Crippen LogP) is 5.32. The van der Waals surface area contributed by atoms with E-state index in [0.29, 0.717) is 37.2 Å². The van der Waals surface area contributed by atoms with Crippen LogP contribution in [0.4, 0.5) is 0 Å². The summed E-state index contributed by atoms with van der Waals surface area (Å²) in [6, 6.07) is 0. The molecule has 8 atom stereocenters. The fraction of sp³-hybridized carbons (Fsp3) is 0.682. The van der Waals surface area contributed by atoms with E-state index in [-0.39, 0.29) is 73.6 Å². The molecule has 0 radical (unpaired) electrons. The summed E-state index contributed by atoms with van der Waals surface area (Å²) in [7, 11) is 0. The van der Waals surface area contributed by atoms with Crippen LogP contribution >= 0.6 is 0 Å². The van der Waals surface area contributed by atoms with Crippen LogP contribution < -0.4 is 0 Å². The molecule has 4 heterocycles. The van der Waals surface area contributed by atoms with Crippen LogP contribution in [-0.4, -0.2) is 98.2 Å². The fourth-order valence-corrected chi connectivity index (χ4v) is 7.66. The third kappa shape index (κ3) is 11.4. The number of esters is 6. The fourth-order valence-electron chi connectivity index (χ4n) is 7.66. The molecule has 16 nitrogen and oxygen atoms in total. The Morgan fingerprint density at radius 1 is 0.550 bits per heavy atom. The minimum Gasteiger partial charge on any atom is -0.461 e. The first-order valence-corrected chi connectivity index (χ1v) is 20.7. The number of epoxide rings is 2. The van der Waals surface area contributed by atoms with Gasteiger partial charge in [-0.15, -0.1) is 0 Å². The van der Waals surface area contributed by atoms with Crippen molar-refractivity contribution in [2.75, 3.05) is 26.4 Å². The Labute approximate surface area is 351 Å². The van der Waals surface area contributed by atoms with Crippen molar-refractivity contribution < 1.29 is 76.1 Å². The SMILES string of the molecule is CC(=O)OCC1=CO[C@@H](OC(=O)CC(C)C)[C@H]2C1=C[C@H](OC(=O)CC(C)C)[C@]21CO1.CC(=O)O[C@H]1C=C2C(COC(=O)CC(C)C)=CO[C@@H](OC(=O)CC(C)C)[C@@H]2[C@@]12CO2. The summed E-state index contributed by atoms with van der Waals surface area (Å²) in [5.41, 5.74) is 1.11. The number of rotatable bonds is 16. The topological polar surface area (TPSA) is 201 Å². The summed E-state index contributed by atoms with van der Waals surface area (Å²) >= 11 is 0. The van der Waals surface area contributed by atoms with Gasteiger partial charge in [0, 0.05) is 50.7 Å². The standard InChI is InChI=1S/2C22H30O8/c1-12(2)6-18(24)26-9-15-10-27-21(30-19(25)7-13(3)4)20-16(15)8-17(29-14(5)23)22(20)11-28-22;1-12(2)6-18(24)29-17-8-16-15(9-26-14(5)23)10-27-21(20(16)22(17)11-28-22)30-19(25)7-13(3)4/h2*8,10,12-13,17,20-21H,6-7,9,11H2,1-5H3/t2*17-,20+,21-,22+/m00/s1. The Bertz CT molecular complexity index is 1770. The number of hydrogen-bond acceptors (Lipinski definition) is 16. The van der Waals surface area contributed by atoms with Crippen LogP contribution in [0.25, 0.3) is 0 Å². The van der Waals surface area contributed by atoms with Gasteiger partial charge in [-0.2, -0.15) is 0 Å². The largest absolute Gasteiger partial charge is 0.461 e. The summed E-state index contributed by atoms with van der Waals surface area (Å²) in [5.74, 6) is -2.53. The van der Waals surface area contributed by atoms with E-state index in [1.807, 2.05) is 55.4 Å². The lowest BCUT2D eigenvalue weighted by atomic mass is 9.85. The maximum absolute atomic E-state index is 12.3.